The van der Waals surface area contributed by atoms with Crippen molar-refractivity contribution in [3.05, 3.63) is 93.0 Å². The molecule has 1 N–H and O–H groups in total. The lowest BCUT2D eigenvalue weighted by atomic mass is 9.94. The largest absolute Gasteiger partial charge is 0.507 e. The lowest BCUT2D eigenvalue weighted by Gasteiger charge is -2.26. The molecule has 9 heteroatoms. The van der Waals surface area contributed by atoms with Crippen LogP contribution in [0, 0.1) is 0 Å². The minimum absolute atomic E-state index is 0.0819. The molecular weight excluding hydrogens is 517 g/mol. The summed E-state index contributed by atoms with van der Waals surface area (Å²) in [5.41, 5.74) is 1.62. The minimum Gasteiger partial charge on any atom is -0.507 e. The summed E-state index contributed by atoms with van der Waals surface area (Å²) in [5.74, 6) is -0.484. The van der Waals surface area contributed by atoms with E-state index in [1.54, 1.807) is 38.5 Å². The fraction of sp³-hybridized carbons (Fsp3) is 0.214. The zero-order chi connectivity index (χ0) is 26.7. The Bertz CT molecular complexity index is 1350. The fourth-order valence-corrected chi connectivity index (χ4v) is 4.94. The van der Waals surface area contributed by atoms with Crippen LogP contribution in [-0.2, 0) is 16.0 Å². The normalized spacial score (nSPS) is 16.7. The maximum atomic E-state index is 13.3. The monoisotopic (exact) mass is 541 g/mol. The smallest absolute Gasteiger partial charge is 0.295 e. The average molecular weight is 542 g/mol. The second-order valence-electron chi connectivity index (χ2n) is 8.33. The van der Waals surface area contributed by atoms with Gasteiger partial charge in [0.15, 0.2) is 0 Å². The first-order valence-electron chi connectivity index (χ1n) is 11.4. The number of ketones is 1. The molecule has 1 fully saturated rings. The third-order valence-corrected chi connectivity index (χ3v) is 6.74. The third kappa shape index (κ3) is 5.24. The van der Waals surface area contributed by atoms with E-state index in [1.165, 1.54) is 24.1 Å². The summed E-state index contributed by atoms with van der Waals surface area (Å²) in [5, 5.41) is 11.8. The SMILES string of the molecule is COc1ccc(CCN2C(=O)C(=O)/C(=C(/O)c3cc(Cl)cc(Cl)c3OC)C2c2ccc(OC)cc2)cc1. The molecule has 1 aliphatic rings. The second kappa shape index (κ2) is 11.2. The summed E-state index contributed by atoms with van der Waals surface area (Å²) in [4.78, 5) is 28.1. The molecule has 1 unspecified atom stereocenters. The van der Waals surface area contributed by atoms with Gasteiger partial charge in [-0.3, -0.25) is 9.59 Å². The summed E-state index contributed by atoms with van der Waals surface area (Å²) in [7, 11) is 4.52. The molecular formula is C28H25Cl2NO6. The maximum absolute atomic E-state index is 13.3. The molecule has 1 heterocycles. The van der Waals surface area contributed by atoms with Gasteiger partial charge in [-0.05, 0) is 53.9 Å². The molecule has 0 spiro atoms. The Morgan fingerprint density at radius 3 is 2.05 bits per heavy atom. The van der Waals surface area contributed by atoms with E-state index < -0.39 is 23.5 Å². The number of nitrogens with zero attached hydrogens (tertiary/aromatic N) is 1. The van der Waals surface area contributed by atoms with Crippen molar-refractivity contribution in [2.24, 2.45) is 0 Å². The molecule has 4 rings (SSSR count). The van der Waals surface area contributed by atoms with Crippen molar-refractivity contribution in [2.45, 2.75) is 12.5 Å². The van der Waals surface area contributed by atoms with E-state index in [1.807, 2.05) is 24.3 Å². The summed E-state index contributed by atoms with van der Waals surface area (Å²) in [6, 6.07) is 16.5. The van der Waals surface area contributed by atoms with E-state index in [0.717, 1.165) is 11.3 Å². The number of benzene rings is 3. The van der Waals surface area contributed by atoms with Crippen LogP contribution in [0.25, 0.3) is 5.76 Å². The summed E-state index contributed by atoms with van der Waals surface area (Å²) in [6.07, 6.45) is 0.482. The van der Waals surface area contributed by atoms with Gasteiger partial charge in [0.25, 0.3) is 11.7 Å². The first-order chi connectivity index (χ1) is 17.8. The van der Waals surface area contributed by atoms with Crippen molar-refractivity contribution in [3.8, 4) is 17.2 Å². The molecule has 1 saturated heterocycles. The van der Waals surface area contributed by atoms with Crippen LogP contribution in [0.2, 0.25) is 10.0 Å². The number of methoxy groups -OCH3 is 3. The number of halogens is 2. The second-order valence-corrected chi connectivity index (χ2v) is 9.18. The predicted octanol–water partition coefficient (Wildman–Crippen LogP) is 5.68. The van der Waals surface area contributed by atoms with Crippen LogP contribution >= 0.6 is 23.2 Å². The van der Waals surface area contributed by atoms with E-state index >= 15 is 0 Å². The van der Waals surface area contributed by atoms with Gasteiger partial charge < -0.3 is 24.2 Å². The topological polar surface area (TPSA) is 85.3 Å². The molecule has 3 aromatic carbocycles. The number of ether oxygens (including phenoxy) is 3. The highest BCUT2D eigenvalue weighted by molar-refractivity contribution is 6.46. The van der Waals surface area contributed by atoms with E-state index in [9.17, 15) is 14.7 Å². The quantitative estimate of drug-likeness (QED) is 0.224. The molecule has 1 atom stereocenters. The van der Waals surface area contributed by atoms with E-state index in [4.69, 9.17) is 37.4 Å². The number of Topliss-reactive ketones (excluding diaryl/α,β-unsaturated/α-hetero) is 1. The Kier molecular flexibility index (Phi) is 7.95. The van der Waals surface area contributed by atoms with Crippen LogP contribution in [0.3, 0.4) is 0 Å². The molecule has 1 amide bonds. The van der Waals surface area contributed by atoms with Crippen LogP contribution < -0.4 is 14.2 Å². The molecule has 0 aliphatic carbocycles. The van der Waals surface area contributed by atoms with Gasteiger partial charge in [-0.2, -0.15) is 0 Å². The first-order valence-corrected chi connectivity index (χ1v) is 12.1. The average Bonchev–Trinajstić information content (AvgIpc) is 3.16. The number of amides is 1. The van der Waals surface area contributed by atoms with Gasteiger partial charge in [0.1, 0.15) is 23.0 Å². The van der Waals surface area contributed by atoms with Crippen molar-refractivity contribution < 1.29 is 28.9 Å². The van der Waals surface area contributed by atoms with Gasteiger partial charge in [-0.15, -0.1) is 0 Å². The summed E-state index contributed by atoms with van der Waals surface area (Å²) >= 11 is 12.5. The van der Waals surface area contributed by atoms with Crippen molar-refractivity contribution in [1.82, 2.24) is 4.90 Å². The zero-order valence-electron chi connectivity index (χ0n) is 20.5. The number of hydrogen-bond acceptors (Lipinski definition) is 6. The van der Waals surface area contributed by atoms with Gasteiger partial charge in [-0.25, -0.2) is 0 Å². The van der Waals surface area contributed by atoms with E-state index in [-0.39, 0.29) is 33.5 Å². The highest BCUT2D eigenvalue weighted by atomic mass is 35.5. The molecule has 0 saturated carbocycles. The molecule has 37 heavy (non-hydrogen) atoms. The maximum Gasteiger partial charge on any atom is 0.295 e. The Labute approximate surface area is 224 Å². The number of carbonyl (C=O) groups is 2. The number of rotatable bonds is 8. The Hall–Kier alpha value is -3.68. The van der Waals surface area contributed by atoms with Crippen molar-refractivity contribution in [2.75, 3.05) is 27.9 Å². The molecule has 7 nitrogen and oxygen atoms in total. The predicted molar refractivity (Wildman–Crippen MR) is 142 cm³/mol. The van der Waals surface area contributed by atoms with Crippen LogP contribution in [0.5, 0.6) is 17.2 Å². The zero-order valence-corrected chi connectivity index (χ0v) is 22.0. The highest BCUT2D eigenvalue weighted by Crippen LogP contribution is 2.43. The van der Waals surface area contributed by atoms with Crippen LogP contribution in [-0.4, -0.2) is 49.6 Å². The minimum atomic E-state index is -0.855. The van der Waals surface area contributed by atoms with Crippen molar-refractivity contribution in [3.63, 3.8) is 0 Å². The van der Waals surface area contributed by atoms with Gasteiger partial charge in [-0.1, -0.05) is 47.5 Å². The van der Waals surface area contributed by atoms with Crippen LogP contribution in [0.15, 0.2) is 66.2 Å². The number of likely N-dealkylation sites (tertiary alicyclic amines) is 1. The van der Waals surface area contributed by atoms with Gasteiger partial charge in [0.2, 0.25) is 0 Å². The third-order valence-electron chi connectivity index (χ3n) is 6.24. The Balaban J connectivity index is 1.81. The van der Waals surface area contributed by atoms with Crippen molar-refractivity contribution in [1.29, 1.82) is 0 Å². The van der Waals surface area contributed by atoms with Crippen LogP contribution in [0.4, 0.5) is 0 Å². The van der Waals surface area contributed by atoms with E-state index in [0.29, 0.717) is 17.7 Å². The molecule has 1 aliphatic heterocycles. The van der Waals surface area contributed by atoms with Gasteiger partial charge in [0.05, 0.1) is 43.5 Å². The van der Waals surface area contributed by atoms with Crippen molar-refractivity contribution >= 4 is 40.7 Å². The highest BCUT2D eigenvalue weighted by Gasteiger charge is 2.46. The standard InChI is InChI=1S/C28H25Cl2NO6/c1-35-19-8-4-16(5-9-19)12-13-31-24(17-6-10-20(36-2)11-7-17)23(26(33)28(31)34)25(32)21-14-18(29)15-22(30)27(21)37-3/h4-11,14-15,24,32H,12-13H2,1-3H3/b25-23+. The number of aliphatic hydroxyl groups excluding tert-OH is 1. The molecule has 3 aromatic rings. The summed E-state index contributed by atoms with van der Waals surface area (Å²) in [6.45, 7) is 0.234. The number of aliphatic hydroxyl groups is 1. The molecule has 0 bridgehead atoms. The first kappa shape index (κ1) is 26.4. The number of carbonyl (C=O) groups excluding carboxylic acids is 2. The molecule has 0 radical (unpaired) electrons. The molecule has 192 valence electrons. The lowest BCUT2D eigenvalue weighted by molar-refractivity contribution is -0.139. The van der Waals surface area contributed by atoms with Crippen LogP contribution in [0.1, 0.15) is 22.7 Å². The lowest BCUT2D eigenvalue weighted by Crippen LogP contribution is -2.31. The number of hydrogen-bond donors (Lipinski definition) is 1. The fourth-order valence-electron chi connectivity index (χ4n) is 4.37. The van der Waals surface area contributed by atoms with Gasteiger partial charge in [0, 0.05) is 11.6 Å². The van der Waals surface area contributed by atoms with Gasteiger partial charge >= 0.3 is 0 Å². The van der Waals surface area contributed by atoms with E-state index in [2.05, 4.69) is 0 Å². The molecule has 0 aromatic heterocycles. The summed E-state index contributed by atoms with van der Waals surface area (Å²) < 4.78 is 15.8. The Morgan fingerprint density at radius 1 is 0.892 bits per heavy atom. The Morgan fingerprint density at radius 2 is 1.49 bits per heavy atom.